The van der Waals surface area contributed by atoms with Gasteiger partial charge in [0.25, 0.3) is 0 Å². The zero-order valence-electron chi connectivity index (χ0n) is 17.6. The fraction of sp³-hybridized carbons (Fsp3) is 0.792. The summed E-state index contributed by atoms with van der Waals surface area (Å²) in [4.78, 5) is 25.7. The molecule has 1 heterocycles. The number of allylic oxidation sites excluding steroid dienone is 2. The van der Waals surface area contributed by atoms with E-state index in [9.17, 15) is 25.1 Å². The number of ether oxygens (including phenoxy) is 1. The number of nitrogens with zero attached hydrogens (tertiary/aromatic N) is 1. The summed E-state index contributed by atoms with van der Waals surface area (Å²) in [5, 5.41) is 32.5. The third-order valence-electron chi connectivity index (χ3n) is 10.8. The number of ketones is 1. The fourth-order valence-electron chi connectivity index (χ4n) is 9.47. The van der Waals surface area contributed by atoms with Crippen LogP contribution in [-0.4, -0.2) is 33.7 Å². The smallest absolute Gasteiger partial charge is 0.306 e. The number of esters is 1. The summed E-state index contributed by atoms with van der Waals surface area (Å²) in [6.07, 6.45) is 4.11. The number of carbonyl (C=O) groups is 2. The van der Waals surface area contributed by atoms with E-state index in [1.807, 2.05) is 0 Å². The van der Waals surface area contributed by atoms with E-state index in [0.29, 0.717) is 44.1 Å². The highest BCUT2D eigenvalue weighted by atomic mass is 16.6. The second-order valence-corrected chi connectivity index (χ2v) is 11.3. The van der Waals surface area contributed by atoms with Crippen LogP contribution in [-0.2, 0) is 14.3 Å². The van der Waals surface area contributed by atoms with Gasteiger partial charge < -0.3 is 14.9 Å². The van der Waals surface area contributed by atoms with Gasteiger partial charge in [-0.1, -0.05) is 13.8 Å². The molecule has 30 heavy (non-hydrogen) atoms. The molecule has 2 bridgehead atoms. The predicted octanol–water partition coefficient (Wildman–Crippen LogP) is 3.20. The largest absolute Gasteiger partial charge is 0.512 e. The Morgan fingerprint density at radius 3 is 2.53 bits per heavy atom. The van der Waals surface area contributed by atoms with Gasteiger partial charge in [-0.3, -0.25) is 9.59 Å². The zero-order valence-corrected chi connectivity index (χ0v) is 17.6. The molecule has 6 rings (SSSR count). The molecule has 6 heteroatoms. The first-order valence-electron chi connectivity index (χ1n) is 11.4. The van der Waals surface area contributed by atoms with Gasteiger partial charge in [0.2, 0.25) is 0 Å². The van der Waals surface area contributed by atoms with Gasteiger partial charge in [0.15, 0.2) is 5.78 Å². The van der Waals surface area contributed by atoms with Gasteiger partial charge in [0.1, 0.15) is 11.4 Å². The SMILES string of the molecule is C[C@@]12C[C@@H](O)[C@H]3C([C@H]1CC[C@@]21CCC(=O)O1)[C@H]1C[C@]2(C#N)C(=C(O)CC[C@]32C)C1=O. The Hall–Kier alpha value is -1.87. The molecule has 0 radical (unpaired) electrons. The van der Waals surface area contributed by atoms with Gasteiger partial charge >= 0.3 is 5.97 Å². The van der Waals surface area contributed by atoms with Gasteiger partial charge in [0, 0.05) is 24.2 Å². The number of Topliss-reactive ketones (excluding diaryl/α,β-unsaturated/α-hetero) is 1. The van der Waals surface area contributed by atoms with Crippen molar-refractivity contribution < 1.29 is 24.5 Å². The number of hydrogen-bond acceptors (Lipinski definition) is 6. The lowest BCUT2D eigenvalue weighted by Crippen LogP contribution is -2.63. The highest BCUT2D eigenvalue weighted by molar-refractivity contribution is 6.03. The third kappa shape index (κ3) is 1.71. The van der Waals surface area contributed by atoms with E-state index in [-0.39, 0.29) is 46.6 Å². The lowest BCUT2D eigenvalue weighted by molar-refractivity contribution is -0.207. The topological polar surface area (TPSA) is 108 Å². The molecule has 1 saturated heterocycles. The van der Waals surface area contributed by atoms with Crippen LogP contribution in [0.4, 0.5) is 0 Å². The lowest BCUT2D eigenvalue weighted by Gasteiger charge is -2.63. The van der Waals surface area contributed by atoms with Crippen molar-refractivity contribution in [3.05, 3.63) is 11.3 Å². The van der Waals surface area contributed by atoms with Crippen molar-refractivity contribution in [1.29, 1.82) is 5.26 Å². The normalized spacial score (nSPS) is 56.0. The number of aliphatic hydroxyl groups is 2. The van der Waals surface area contributed by atoms with Crippen molar-refractivity contribution in [2.75, 3.05) is 0 Å². The standard InChI is InChI=1S/C24H29NO5/c1-21-6-4-14(26)19-20(29)12(9-23(19,21)11-25)17-13-3-7-24(8-5-16(28)30-24)22(13,2)10-15(27)18(17)21/h12-13,15,17-18,26-27H,3-10H2,1-2H3/t12-,13-,15-,17?,18+,21-,22-,23+,24-/m1/s1. The molecule has 1 aliphatic heterocycles. The molecule has 1 unspecified atom stereocenters. The van der Waals surface area contributed by atoms with Crippen LogP contribution in [0.15, 0.2) is 11.3 Å². The fourth-order valence-corrected chi connectivity index (χ4v) is 9.47. The van der Waals surface area contributed by atoms with E-state index in [4.69, 9.17) is 4.74 Å². The van der Waals surface area contributed by atoms with E-state index in [1.54, 1.807) is 0 Å². The van der Waals surface area contributed by atoms with Gasteiger partial charge in [-0.05, 0) is 61.7 Å². The summed E-state index contributed by atoms with van der Waals surface area (Å²) >= 11 is 0. The predicted molar refractivity (Wildman–Crippen MR) is 105 cm³/mol. The van der Waals surface area contributed by atoms with E-state index in [1.165, 1.54) is 0 Å². The van der Waals surface area contributed by atoms with Gasteiger partial charge in [-0.2, -0.15) is 5.26 Å². The van der Waals surface area contributed by atoms with Crippen LogP contribution in [0.25, 0.3) is 0 Å². The van der Waals surface area contributed by atoms with Crippen molar-refractivity contribution in [2.45, 2.75) is 76.9 Å². The van der Waals surface area contributed by atoms with Gasteiger partial charge in [-0.25, -0.2) is 0 Å². The van der Waals surface area contributed by atoms with Crippen LogP contribution < -0.4 is 0 Å². The summed E-state index contributed by atoms with van der Waals surface area (Å²) in [6, 6.07) is 2.47. The molecule has 5 fully saturated rings. The number of rotatable bonds is 0. The quantitative estimate of drug-likeness (QED) is 0.593. The van der Waals surface area contributed by atoms with E-state index >= 15 is 0 Å². The summed E-state index contributed by atoms with van der Waals surface area (Å²) in [5.74, 6) is -0.518. The molecule has 4 saturated carbocycles. The Balaban J connectivity index is 1.53. The molecule has 6 aliphatic rings. The van der Waals surface area contributed by atoms with Crippen LogP contribution in [0.1, 0.15) is 65.2 Å². The summed E-state index contributed by atoms with van der Waals surface area (Å²) in [6.45, 7) is 4.22. The van der Waals surface area contributed by atoms with E-state index < -0.39 is 22.5 Å². The molecule has 0 aromatic carbocycles. The van der Waals surface area contributed by atoms with Crippen molar-refractivity contribution in [3.63, 3.8) is 0 Å². The van der Waals surface area contributed by atoms with E-state index in [2.05, 4.69) is 19.9 Å². The average molecular weight is 411 g/mol. The Bertz CT molecular complexity index is 965. The Morgan fingerprint density at radius 2 is 1.87 bits per heavy atom. The number of nitriles is 1. The van der Waals surface area contributed by atoms with Crippen LogP contribution in [0.3, 0.4) is 0 Å². The van der Waals surface area contributed by atoms with Crippen molar-refractivity contribution in [1.82, 2.24) is 0 Å². The maximum absolute atomic E-state index is 13.6. The second-order valence-electron chi connectivity index (χ2n) is 11.3. The molecule has 160 valence electrons. The van der Waals surface area contributed by atoms with Gasteiger partial charge in [0.05, 0.1) is 23.2 Å². The minimum atomic E-state index is -0.997. The molecule has 0 aromatic rings. The molecule has 9 atom stereocenters. The monoisotopic (exact) mass is 411 g/mol. The second kappa shape index (κ2) is 5.30. The van der Waals surface area contributed by atoms with Crippen LogP contribution in [0.5, 0.6) is 0 Å². The van der Waals surface area contributed by atoms with Crippen LogP contribution in [0.2, 0.25) is 0 Å². The molecule has 6 nitrogen and oxygen atoms in total. The number of fused-ring (bicyclic) bond motifs is 7. The molecule has 0 aromatic heterocycles. The van der Waals surface area contributed by atoms with Crippen LogP contribution in [0, 0.1) is 51.2 Å². The minimum absolute atomic E-state index is 0.0418. The van der Waals surface area contributed by atoms with E-state index in [0.717, 1.165) is 12.8 Å². The average Bonchev–Trinajstić information content (AvgIpc) is 3.31. The summed E-state index contributed by atoms with van der Waals surface area (Å²) < 4.78 is 5.95. The Kier molecular flexibility index (Phi) is 3.33. The minimum Gasteiger partial charge on any atom is -0.512 e. The number of hydrogen-bond donors (Lipinski definition) is 2. The number of aliphatic hydroxyl groups excluding tert-OH is 2. The van der Waals surface area contributed by atoms with Gasteiger partial charge in [-0.15, -0.1) is 0 Å². The summed E-state index contributed by atoms with van der Waals surface area (Å²) in [7, 11) is 0. The molecular formula is C24H29NO5. The lowest BCUT2D eigenvalue weighted by atomic mass is 9.40. The molecular weight excluding hydrogens is 382 g/mol. The Labute approximate surface area is 176 Å². The maximum Gasteiger partial charge on any atom is 0.306 e. The van der Waals surface area contributed by atoms with Crippen LogP contribution >= 0.6 is 0 Å². The van der Waals surface area contributed by atoms with Crippen molar-refractivity contribution in [3.8, 4) is 6.07 Å². The highest BCUT2D eigenvalue weighted by Crippen LogP contribution is 2.76. The van der Waals surface area contributed by atoms with Crippen molar-refractivity contribution in [2.24, 2.45) is 39.9 Å². The molecule has 5 aliphatic carbocycles. The first-order chi connectivity index (χ1) is 14.1. The molecule has 2 N–H and O–H groups in total. The Morgan fingerprint density at radius 1 is 1.10 bits per heavy atom. The first kappa shape index (κ1) is 18.9. The van der Waals surface area contributed by atoms with Crippen molar-refractivity contribution >= 4 is 11.8 Å². The highest BCUT2D eigenvalue weighted by Gasteiger charge is 2.77. The first-order valence-corrected chi connectivity index (χ1v) is 11.4. The molecule has 0 amide bonds. The zero-order chi connectivity index (χ0) is 21.3. The third-order valence-corrected chi connectivity index (χ3v) is 10.8. The maximum atomic E-state index is 13.6. The molecule has 1 spiro atoms. The number of carbonyl (C=O) groups excluding carboxylic acids is 2. The summed E-state index contributed by atoms with van der Waals surface area (Å²) in [5.41, 5.74) is -2.10.